The van der Waals surface area contributed by atoms with Crippen LogP contribution in [0.3, 0.4) is 0 Å². The average molecular weight is 743 g/mol. The number of aromatic nitrogens is 3. The number of rotatable bonds is 21. The maximum atomic E-state index is 13.8. The lowest BCUT2D eigenvalue weighted by molar-refractivity contribution is 0.0696. The monoisotopic (exact) mass is 742 g/mol. The predicted octanol–water partition coefficient (Wildman–Crippen LogP) is 11.0. The fourth-order valence-corrected chi connectivity index (χ4v) is 6.89. The van der Waals surface area contributed by atoms with Crippen molar-refractivity contribution in [1.29, 1.82) is 0 Å². The topological polar surface area (TPSA) is 136 Å². The summed E-state index contributed by atoms with van der Waals surface area (Å²) in [5.74, 6) is -0.899. The van der Waals surface area contributed by atoms with Crippen molar-refractivity contribution in [2.24, 2.45) is 0 Å². The second-order valence-corrected chi connectivity index (χ2v) is 13.9. The van der Waals surface area contributed by atoms with Gasteiger partial charge in [0.1, 0.15) is 22.8 Å². The Labute approximate surface area is 322 Å². The van der Waals surface area contributed by atoms with Crippen LogP contribution in [0, 0.1) is 0 Å². The van der Waals surface area contributed by atoms with Gasteiger partial charge in [-0.3, -0.25) is 4.79 Å². The molecule has 0 bridgehead atoms. The third kappa shape index (κ3) is 10.0. The molecular weight excluding hydrogens is 693 g/mol. The number of aromatic carboxylic acids is 1. The Hall–Kier alpha value is -5.90. The van der Waals surface area contributed by atoms with Gasteiger partial charge < -0.3 is 25.0 Å². The first-order valence-corrected chi connectivity index (χ1v) is 19.5. The molecule has 0 aliphatic carbocycles. The Morgan fingerprint density at radius 1 is 0.709 bits per heavy atom. The van der Waals surface area contributed by atoms with E-state index in [1.807, 2.05) is 54.6 Å². The lowest BCUT2D eigenvalue weighted by atomic mass is 10.0. The number of anilines is 1. The van der Waals surface area contributed by atoms with Gasteiger partial charge in [-0.1, -0.05) is 149 Å². The van der Waals surface area contributed by atoms with Crippen LogP contribution in [0.4, 0.5) is 5.69 Å². The number of phenols is 1. The van der Waals surface area contributed by atoms with Gasteiger partial charge >= 0.3 is 5.97 Å². The molecule has 0 radical (unpaired) electrons. The summed E-state index contributed by atoms with van der Waals surface area (Å²) in [6, 6.07) is 28.4. The standard InChI is InChI=1S/C45H50N4O6/c1-2-3-4-5-6-7-8-9-10-11-12-20-27-54-40-26-19-18-25-38(40)46-44(51)37-30-41(34-23-16-17-24-35(34)43(37)50)55-31-49-39-29-33(45(52)53)28-36(42(39)47-48-49)32-21-14-13-15-22-32/h13-19,21-26,28-30,50H,2-12,20,27,31H2,1H3,(H,46,51)(H,52,53). The molecule has 1 aromatic heterocycles. The van der Waals surface area contributed by atoms with Crippen molar-refractivity contribution in [2.45, 2.75) is 90.7 Å². The fraction of sp³-hybridized carbons (Fsp3) is 0.333. The third-order valence-electron chi connectivity index (χ3n) is 9.91. The summed E-state index contributed by atoms with van der Waals surface area (Å²) < 4.78 is 13.8. The molecule has 0 spiro atoms. The molecular formula is C45H50N4O6. The van der Waals surface area contributed by atoms with Crippen molar-refractivity contribution in [1.82, 2.24) is 15.0 Å². The number of aromatic hydroxyl groups is 1. The molecule has 0 unspecified atom stereocenters. The zero-order valence-corrected chi connectivity index (χ0v) is 31.5. The first-order chi connectivity index (χ1) is 26.9. The van der Waals surface area contributed by atoms with Gasteiger partial charge in [-0.15, -0.1) is 5.10 Å². The summed E-state index contributed by atoms with van der Waals surface area (Å²) in [5.41, 5.74) is 3.04. The van der Waals surface area contributed by atoms with Gasteiger partial charge in [-0.25, -0.2) is 9.48 Å². The number of carboxylic acids is 1. The van der Waals surface area contributed by atoms with Crippen LogP contribution in [0.1, 0.15) is 105 Å². The van der Waals surface area contributed by atoms with Crippen molar-refractivity contribution >= 4 is 39.4 Å². The van der Waals surface area contributed by atoms with Crippen molar-refractivity contribution in [3.63, 3.8) is 0 Å². The van der Waals surface area contributed by atoms with E-state index in [0.29, 0.717) is 51.2 Å². The van der Waals surface area contributed by atoms with Gasteiger partial charge in [0, 0.05) is 16.3 Å². The zero-order valence-electron chi connectivity index (χ0n) is 31.5. The highest BCUT2D eigenvalue weighted by Gasteiger charge is 2.21. The minimum Gasteiger partial charge on any atom is -0.506 e. The number of hydrogen-bond donors (Lipinski definition) is 3. The Balaban J connectivity index is 1.11. The first-order valence-electron chi connectivity index (χ1n) is 19.5. The van der Waals surface area contributed by atoms with Gasteiger partial charge in [-0.05, 0) is 42.3 Å². The van der Waals surface area contributed by atoms with E-state index in [1.54, 1.807) is 30.3 Å². The molecule has 0 aliphatic rings. The molecule has 10 heteroatoms. The van der Waals surface area contributed by atoms with E-state index in [1.165, 1.54) is 81.0 Å². The van der Waals surface area contributed by atoms with Crippen molar-refractivity contribution < 1.29 is 29.3 Å². The van der Waals surface area contributed by atoms with E-state index < -0.39 is 11.9 Å². The quantitative estimate of drug-likeness (QED) is 0.0620. The summed E-state index contributed by atoms with van der Waals surface area (Å²) in [6.07, 6.45) is 15.1. The van der Waals surface area contributed by atoms with Crippen LogP contribution in [-0.2, 0) is 6.73 Å². The van der Waals surface area contributed by atoms with Crippen LogP contribution in [0.5, 0.6) is 17.2 Å². The molecule has 286 valence electrons. The zero-order chi connectivity index (χ0) is 38.4. The number of para-hydroxylation sites is 2. The van der Waals surface area contributed by atoms with Crippen molar-refractivity contribution in [2.75, 3.05) is 11.9 Å². The molecule has 1 amide bonds. The number of benzene rings is 5. The number of nitrogens with zero attached hydrogens (tertiary/aromatic N) is 3. The molecule has 3 N–H and O–H groups in total. The number of nitrogens with one attached hydrogen (secondary N) is 1. The minimum atomic E-state index is -1.08. The summed E-state index contributed by atoms with van der Waals surface area (Å²) in [6.45, 7) is 2.66. The Kier molecular flexibility index (Phi) is 13.7. The van der Waals surface area contributed by atoms with Crippen LogP contribution >= 0.6 is 0 Å². The van der Waals surface area contributed by atoms with Gasteiger partial charge in [0.05, 0.1) is 28.9 Å². The number of carbonyl (C=O) groups is 2. The lowest BCUT2D eigenvalue weighted by Crippen LogP contribution is -2.14. The second kappa shape index (κ2) is 19.4. The second-order valence-electron chi connectivity index (χ2n) is 13.9. The van der Waals surface area contributed by atoms with E-state index in [2.05, 4.69) is 22.6 Å². The molecule has 1 heterocycles. The highest BCUT2D eigenvalue weighted by atomic mass is 16.5. The molecule has 10 nitrogen and oxygen atoms in total. The van der Waals surface area contributed by atoms with Crippen LogP contribution in [0.25, 0.3) is 32.9 Å². The smallest absolute Gasteiger partial charge is 0.335 e. The summed E-state index contributed by atoms with van der Waals surface area (Å²) in [7, 11) is 0. The number of fused-ring (bicyclic) bond motifs is 2. The SMILES string of the molecule is CCCCCCCCCCCCCCOc1ccccc1NC(=O)c1cc(OCn2nnc3c(-c4ccccc4)cc(C(=O)O)cc32)c2ccccc2c1O. The largest absolute Gasteiger partial charge is 0.506 e. The van der Waals surface area contributed by atoms with E-state index in [4.69, 9.17) is 9.47 Å². The van der Waals surface area contributed by atoms with Crippen LogP contribution < -0.4 is 14.8 Å². The van der Waals surface area contributed by atoms with Crippen molar-refractivity contribution in [3.05, 3.63) is 108 Å². The predicted molar refractivity (Wildman–Crippen MR) is 217 cm³/mol. The average Bonchev–Trinajstić information content (AvgIpc) is 3.62. The number of phenolic OH excluding ortho intramolecular Hbond substituents is 1. The molecule has 0 atom stereocenters. The lowest BCUT2D eigenvalue weighted by Gasteiger charge is -2.16. The highest BCUT2D eigenvalue weighted by molar-refractivity contribution is 6.11. The normalized spacial score (nSPS) is 11.2. The third-order valence-corrected chi connectivity index (χ3v) is 9.91. The highest BCUT2D eigenvalue weighted by Crippen LogP contribution is 2.37. The van der Waals surface area contributed by atoms with E-state index in [9.17, 15) is 19.8 Å². The molecule has 0 fully saturated rings. The van der Waals surface area contributed by atoms with Gasteiger partial charge in [-0.2, -0.15) is 0 Å². The Morgan fingerprint density at radius 3 is 2.05 bits per heavy atom. The van der Waals surface area contributed by atoms with E-state index in [-0.39, 0.29) is 23.6 Å². The Bertz CT molecular complexity index is 2200. The summed E-state index contributed by atoms with van der Waals surface area (Å²) >= 11 is 0. The van der Waals surface area contributed by atoms with Crippen LogP contribution in [-0.4, -0.2) is 43.7 Å². The molecule has 6 rings (SSSR count). The molecule has 5 aromatic carbocycles. The number of carbonyl (C=O) groups excluding carboxylic acids is 1. The summed E-state index contributed by atoms with van der Waals surface area (Å²) in [5, 5.41) is 33.8. The number of hydrogen-bond acceptors (Lipinski definition) is 7. The van der Waals surface area contributed by atoms with Crippen LogP contribution in [0.15, 0.2) is 97.1 Å². The maximum absolute atomic E-state index is 13.8. The maximum Gasteiger partial charge on any atom is 0.335 e. The van der Waals surface area contributed by atoms with E-state index >= 15 is 0 Å². The molecule has 55 heavy (non-hydrogen) atoms. The molecule has 6 aromatic rings. The molecule has 0 aliphatic heterocycles. The van der Waals surface area contributed by atoms with Gasteiger partial charge in [0.2, 0.25) is 0 Å². The summed E-state index contributed by atoms with van der Waals surface area (Å²) in [4.78, 5) is 25.9. The Morgan fingerprint density at radius 2 is 1.35 bits per heavy atom. The number of carboxylic acid groups (broad SMARTS) is 1. The van der Waals surface area contributed by atoms with Crippen LogP contribution in [0.2, 0.25) is 0 Å². The molecule has 0 saturated carbocycles. The van der Waals surface area contributed by atoms with Gasteiger partial charge in [0.15, 0.2) is 6.73 Å². The first kappa shape index (κ1) is 38.8. The number of unbranched alkanes of at least 4 members (excludes halogenated alkanes) is 11. The number of ether oxygens (including phenoxy) is 2. The number of amides is 1. The molecule has 0 saturated heterocycles. The minimum absolute atomic E-state index is 0.0208. The van der Waals surface area contributed by atoms with E-state index in [0.717, 1.165) is 18.4 Å². The van der Waals surface area contributed by atoms with Gasteiger partial charge in [0.25, 0.3) is 5.91 Å². The fourth-order valence-electron chi connectivity index (χ4n) is 6.89. The van der Waals surface area contributed by atoms with Crippen molar-refractivity contribution in [3.8, 4) is 28.4 Å².